The van der Waals surface area contributed by atoms with Crippen LogP contribution in [0, 0.1) is 0 Å². The predicted molar refractivity (Wildman–Crippen MR) is 80.2 cm³/mol. The third kappa shape index (κ3) is 3.44. The van der Waals surface area contributed by atoms with E-state index in [-0.39, 0.29) is 29.9 Å². The molecule has 22 heavy (non-hydrogen) atoms. The van der Waals surface area contributed by atoms with Gasteiger partial charge in [0, 0.05) is 17.5 Å². The van der Waals surface area contributed by atoms with Crippen LogP contribution >= 0.6 is 0 Å². The van der Waals surface area contributed by atoms with Gasteiger partial charge < -0.3 is 15.3 Å². The molecule has 0 fully saturated rings. The van der Waals surface area contributed by atoms with Crippen LogP contribution in [0.3, 0.4) is 0 Å². The molecule has 2 aromatic carbocycles. The summed E-state index contributed by atoms with van der Waals surface area (Å²) >= 11 is 0. The van der Waals surface area contributed by atoms with Crippen molar-refractivity contribution in [2.24, 2.45) is 0 Å². The zero-order valence-corrected chi connectivity index (χ0v) is 11.8. The van der Waals surface area contributed by atoms with Crippen molar-refractivity contribution in [2.75, 3.05) is 0 Å². The molecule has 0 bridgehead atoms. The lowest BCUT2D eigenvalue weighted by atomic mass is 9.91. The minimum Gasteiger partial charge on any atom is -0.504 e. The van der Waals surface area contributed by atoms with Gasteiger partial charge in [-0.3, -0.25) is 9.59 Å². The molecule has 5 nitrogen and oxygen atoms in total. The number of hydrogen-bond acceptors (Lipinski definition) is 4. The van der Waals surface area contributed by atoms with Gasteiger partial charge in [-0.25, -0.2) is 0 Å². The smallest absolute Gasteiger partial charge is 0.311 e. The molecule has 0 heterocycles. The lowest BCUT2D eigenvalue weighted by Gasteiger charge is -2.14. The Balaban J connectivity index is 2.15. The Hall–Kier alpha value is -2.82. The van der Waals surface area contributed by atoms with E-state index < -0.39 is 17.6 Å². The fourth-order valence-electron chi connectivity index (χ4n) is 2.29. The lowest BCUT2D eigenvalue weighted by molar-refractivity contribution is -0.139. The third-order valence-electron chi connectivity index (χ3n) is 3.48. The van der Waals surface area contributed by atoms with Crippen molar-refractivity contribution in [1.82, 2.24) is 0 Å². The molecule has 0 aromatic heterocycles. The minimum atomic E-state index is -1.15. The van der Waals surface area contributed by atoms with E-state index in [1.54, 1.807) is 30.3 Å². The summed E-state index contributed by atoms with van der Waals surface area (Å²) in [5.74, 6) is -3.20. The molecule has 0 spiro atoms. The number of Topliss-reactive ketones (excluding diaryl/α,β-unsaturated/α-hetero) is 1. The zero-order valence-electron chi connectivity index (χ0n) is 11.8. The van der Waals surface area contributed by atoms with Crippen LogP contribution < -0.4 is 0 Å². The van der Waals surface area contributed by atoms with Crippen LogP contribution in [0.4, 0.5) is 0 Å². The summed E-state index contributed by atoms with van der Waals surface area (Å²) in [6.07, 6.45) is 0.0795. The first-order chi connectivity index (χ1) is 10.5. The van der Waals surface area contributed by atoms with Crippen LogP contribution in [0.25, 0.3) is 0 Å². The molecule has 1 unspecified atom stereocenters. The number of carbonyl (C=O) groups is 2. The molecule has 114 valence electrons. The van der Waals surface area contributed by atoms with E-state index in [0.29, 0.717) is 5.56 Å². The normalized spacial score (nSPS) is 11.8. The van der Waals surface area contributed by atoms with Crippen molar-refractivity contribution in [3.05, 3.63) is 59.7 Å². The second-order valence-electron chi connectivity index (χ2n) is 4.93. The van der Waals surface area contributed by atoms with E-state index in [1.165, 1.54) is 18.2 Å². The highest BCUT2D eigenvalue weighted by Gasteiger charge is 2.25. The maximum Gasteiger partial charge on any atom is 0.311 e. The van der Waals surface area contributed by atoms with E-state index in [4.69, 9.17) is 0 Å². The first kappa shape index (κ1) is 15.6. The van der Waals surface area contributed by atoms with Crippen LogP contribution in [-0.4, -0.2) is 27.1 Å². The fraction of sp³-hybridized carbons (Fsp3) is 0.176. The zero-order chi connectivity index (χ0) is 16.1. The number of hydrogen-bond donors (Lipinski definition) is 3. The van der Waals surface area contributed by atoms with Gasteiger partial charge >= 0.3 is 5.97 Å². The van der Waals surface area contributed by atoms with Gasteiger partial charge in [0.05, 0.1) is 5.92 Å². The monoisotopic (exact) mass is 300 g/mol. The maximum atomic E-state index is 12.1. The van der Waals surface area contributed by atoms with Gasteiger partial charge in [0.25, 0.3) is 0 Å². The number of rotatable bonds is 6. The first-order valence-electron chi connectivity index (χ1n) is 6.82. The lowest BCUT2D eigenvalue weighted by Crippen LogP contribution is -2.14. The van der Waals surface area contributed by atoms with Crippen LogP contribution in [-0.2, 0) is 4.79 Å². The summed E-state index contributed by atoms with van der Waals surface area (Å²) in [6, 6.07) is 12.8. The fourth-order valence-corrected chi connectivity index (χ4v) is 2.29. The van der Waals surface area contributed by atoms with Gasteiger partial charge in [-0.05, 0) is 12.5 Å². The first-order valence-corrected chi connectivity index (χ1v) is 6.82. The Morgan fingerprint density at radius 1 is 0.955 bits per heavy atom. The summed E-state index contributed by atoms with van der Waals surface area (Å²) in [5, 5.41) is 28.6. The highest BCUT2D eigenvalue weighted by molar-refractivity contribution is 5.96. The number of phenols is 2. The Morgan fingerprint density at radius 3 is 2.27 bits per heavy atom. The minimum absolute atomic E-state index is 0.0378. The van der Waals surface area contributed by atoms with Crippen molar-refractivity contribution in [1.29, 1.82) is 0 Å². The highest BCUT2D eigenvalue weighted by atomic mass is 16.4. The Bertz CT molecular complexity index is 679. The Labute approximate surface area is 127 Å². The molecule has 0 saturated heterocycles. The van der Waals surface area contributed by atoms with E-state index in [2.05, 4.69) is 0 Å². The molecule has 0 aliphatic carbocycles. The van der Waals surface area contributed by atoms with Crippen LogP contribution in [0.2, 0.25) is 0 Å². The van der Waals surface area contributed by atoms with Gasteiger partial charge in [0.1, 0.15) is 0 Å². The second-order valence-corrected chi connectivity index (χ2v) is 4.93. The molecule has 0 radical (unpaired) electrons. The Kier molecular flexibility index (Phi) is 4.78. The van der Waals surface area contributed by atoms with E-state index in [0.717, 1.165) is 0 Å². The number of aliphatic carboxylic acids is 1. The number of benzene rings is 2. The number of para-hydroxylation sites is 1. The standard InChI is InChI=1S/C17H16O5/c18-14(11-5-2-1-3-6-11)10-9-13(17(21)22)12-7-4-8-15(19)16(12)20/h1-8,13,19-20H,9-10H2,(H,21,22). The van der Waals surface area contributed by atoms with E-state index in [9.17, 15) is 24.9 Å². The summed E-state index contributed by atoms with van der Waals surface area (Å²) in [7, 11) is 0. The average Bonchev–Trinajstić information content (AvgIpc) is 2.51. The number of carbonyl (C=O) groups excluding carboxylic acids is 1. The van der Waals surface area contributed by atoms with Crippen molar-refractivity contribution >= 4 is 11.8 Å². The van der Waals surface area contributed by atoms with Gasteiger partial charge in [-0.1, -0.05) is 42.5 Å². The van der Waals surface area contributed by atoms with Gasteiger partial charge in [-0.15, -0.1) is 0 Å². The number of ketones is 1. The molecule has 0 aliphatic heterocycles. The summed E-state index contributed by atoms with van der Waals surface area (Å²) in [5.41, 5.74) is 0.625. The molecule has 0 saturated carbocycles. The van der Waals surface area contributed by atoms with Crippen molar-refractivity contribution < 1.29 is 24.9 Å². The quantitative estimate of drug-likeness (QED) is 0.563. The van der Waals surface area contributed by atoms with Gasteiger partial charge in [-0.2, -0.15) is 0 Å². The summed E-state index contributed by atoms with van der Waals surface area (Å²) in [6.45, 7) is 0. The van der Waals surface area contributed by atoms with Crippen molar-refractivity contribution in [2.45, 2.75) is 18.8 Å². The van der Waals surface area contributed by atoms with Crippen LogP contribution in [0.15, 0.2) is 48.5 Å². The van der Waals surface area contributed by atoms with Crippen LogP contribution in [0.5, 0.6) is 11.5 Å². The van der Waals surface area contributed by atoms with E-state index in [1.807, 2.05) is 0 Å². The highest BCUT2D eigenvalue weighted by Crippen LogP contribution is 2.35. The summed E-state index contributed by atoms with van der Waals surface area (Å²) in [4.78, 5) is 23.5. The second kappa shape index (κ2) is 6.76. The van der Waals surface area contributed by atoms with Gasteiger partial charge in [0.15, 0.2) is 17.3 Å². The Morgan fingerprint density at radius 2 is 1.64 bits per heavy atom. The molecule has 2 aromatic rings. The number of aromatic hydroxyl groups is 2. The molecule has 2 rings (SSSR count). The molecule has 3 N–H and O–H groups in total. The largest absolute Gasteiger partial charge is 0.504 e. The van der Waals surface area contributed by atoms with Crippen molar-refractivity contribution in [3.8, 4) is 11.5 Å². The van der Waals surface area contributed by atoms with Crippen LogP contribution in [0.1, 0.15) is 34.7 Å². The van der Waals surface area contributed by atoms with E-state index >= 15 is 0 Å². The van der Waals surface area contributed by atoms with Crippen molar-refractivity contribution in [3.63, 3.8) is 0 Å². The molecule has 0 aliphatic rings. The number of phenolic OH excluding ortho intramolecular Hbond substituents is 2. The molecular weight excluding hydrogens is 284 g/mol. The summed E-state index contributed by atoms with van der Waals surface area (Å²) < 4.78 is 0. The topological polar surface area (TPSA) is 94.8 Å². The third-order valence-corrected chi connectivity index (χ3v) is 3.48. The van der Waals surface area contributed by atoms with Gasteiger partial charge in [0.2, 0.25) is 0 Å². The predicted octanol–water partition coefficient (Wildman–Crippen LogP) is 2.93. The average molecular weight is 300 g/mol. The number of carboxylic acid groups (broad SMARTS) is 1. The number of carboxylic acids is 1. The molecule has 0 amide bonds. The molecule has 5 heteroatoms. The molecular formula is C17H16O5. The molecule has 1 atom stereocenters. The SMILES string of the molecule is O=C(CCC(C(=O)O)c1cccc(O)c1O)c1ccccc1. The maximum absolute atomic E-state index is 12.1.